The molecule has 0 fully saturated rings. The molecule has 82 valence electrons. The summed E-state index contributed by atoms with van der Waals surface area (Å²) in [7, 11) is 0. The Hall–Kier alpha value is -1.51. The molecule has 3 N–H and O–H groups in total. The van der Waals surface area contributed by atoms with E-state index in [9.17, 15) is 9.90 Å². The summed E-state index contributed by atoms with van der Waals surface area (Å²) in [6.45, 7) is 5.50. The van der Waals surface area contributed by atoms with Gasteiger partial charge >= 0.3 is 5.97 Å². The van der Waals surface area contributed by atoms with E-state index in [0.717, 1.165) is 5.56 Å². The summed E-state index contributed by atoms with van der Waals surface area (Å²) in [5, 5.41) is 9.25. The molecule has 0 aliphatic rings. The van der Waals surface area contributed by atoms with Gasteiger partial charge in [0.15, 0.2) is 0 Å². The van der Waals surface area contributed by atoms with Gasteiger partial charge in [-0.3, -0.25) is 4.79 Å². The molecule has 0 saturated heterocycles. The Morgan fingerprint density at radius 2 is 2.13 bits per heavy atom. The molecule has 0 aliphatic heterocycles. The number of aryl methyl sites for hydroxylation is 1. The molecule has 0 radical (unpaired) electrons. The summed E-state index contributed by atoms with van der Waals surface area (Å²) in [6, 6.07) is 5.51. The van der Waals surface area contributed by atoms with E-state index in [-0.39, 0.29) is 0 Å². The van der Waals surface area contributed by atoms with Crippen molar-refractivity contribution in [3.63, 3.8) is 0 Å². The highest BCUT2D eigenvalue weighted by Gasteiger charge is 2.34. The third-order valence-corrected chi connectivity index (χ3v) is 2.98. The average molecular weight is 207 g/mol. The number of carboxylic acids is 1. The molecule has 0 amide bonds. The smallest absolute Gasteiger partial charge is 0.313 e. The fraction of sp³-hybridized carbons (Fsp3) is 0.417. The van der Waals surface area contributed by atoms with Crippen LogP contribution < -0.4 is 5.73 Å². The highest BCUT2D eigenvalue weighted by molar-refractivity contribution is 5.83. The van der Waals surface area contributed by atoms with Crippen LogP contribution in [0.2, 0.25) is 0 Å². The maximum atomic E-state index is 11.3. The van der Waals surface area contributed by atoms with E-state index in [1.807, 2.05) is 26.0 Å². The van der Waals surface area contributed by atoms with Crippen molar-refractivity contribution < 1.29 is 9.90 Å². The van der Waals surface area contributed by atoms with Gasteiger partial charge in [-0.15, -0.1) is 0 Å². The Morgan fingerprint density at radius 3 is 2.60 bits per heavy atom. The summed E-state index contributed by atoms with van der Waals surface area (Å²) >= 11 is 0. The molecule has 0 bridgehead atoms. The van der Waals surface area contributed by atoms with Gasteiger partial charge in [0.1, 0.15) is 0 Å². The Morgan fingerprint density at radius 1 is 1.53 bits per heavy atom. The van der Waals surface area contributed by atoms with Crippen LogP contribution >= 0.6 is 0 Å². The molecule has 0 heterocycles. The molecule has 1 aromatic carbocycles. The number of nitrogens with two attached hydrogens (primary N) is 1. The number of hydrogen-bond donors (Lipinski definition) is 2. The van der Waals surface area contributed by atoms with Crippen molar-refractivity contribution in [1.29, 1.82) is 0 Å². The molecule has 3 heteroatoms. The van der Waals surface area contributed by atoms with Crippen molar-refractivity contribution >= 4 is 11.7 Å². The maximum Gasteiger partial charge on any atom is 0.313 e. The lowest BCUT2D eigenvalue weighted by molar-refractivity contribution is -0.143. The van der Waals surface area contributed by atoms with E-state index in [4.69, 9.17) is 5.73 Å². The highest BCUT2D eigenvalue weighted by Crippen LogP contribution is 2.32. The minimum Gasteiger partial charge on any atom is -0.481 e. The SMILES string of the molecule is CCC(C)(C(=O)O)c1cc(C)ccc1N. The van der Waals surface area contributed by atoms with Crippen molar-refractivity contribution in [1.82, 2.24) is 0 Å². The number of hydrogen-bond acceptors (Lipinski definition) is 2. The van der Waals surface area contributed by atoms with Crippen molar-refractivity contribution in [2.75, 3.05) is 5.73 Å². The standard InChI is InChI=1S/C12H17NO2/c1-4-12(3,11(14)15)9-7-8(2)5-6-10(9)13/h5-7H,4,13H2,1-3H3,(H,14,15). The Bertz CT molecular complexity index is 387. The molecular weight excluding hydrogens is 190 g/mol. The average Bonchev–Trinajstić information content (AvgIpc) is 2.20. The van der Waals surface area contributed by atoms with Crippen LogP contribution in [0, 0.1) is 6.92 Å². The van der Waals surface area contributed by atoms with E-state index in [1.54, 1.807) is 13.0 Å². The first-order valence-electron chi connectivity index (χ1n) is 5.02. The molecule has 1 aromatic rings. The molecule has 1 atom stereocenters. The quantitative estimate of drug-likeness (QED) is 0.748. The first-order valence-corrected chi connectivity index (χ1v) is 5.02. The third kappa shape index (κ3) is 1.96. The van der Waals surface area contributed by atoms with Gasteiger partial charge < -0.3 is 10.8 Å². The largest absolute Gasteiger partial charge is 0.481 e. The zero-order valence-corrected chi connectivity index (χ0v) is 9.37. The summed E-state index contributed by atoms with van der Waals surface area (Å²) in [6.07, 6.45) is 0.524. The summed E-state index contributed by atoms with van der Waals surface area (Å²) < 4.78 is 0. The predicted octanol–water partition coefficient (Wildman–Crippen LogP) is 2.33. The molecule has 0 aliphatic carbocycles. The predicted molar refractivity (Wildman–Crippen MR) is 60.9 cm³/mol. The van der Waals surface area contributed by atoms with Crippen LogP contribution in [0.4, 0.5) is 5.69 Å². The van der Waals surface area contributed by atoms with Crippen LogP contribution in [0.15, 0.2) is 18.2 Å². The van der Waals surface area contributed by atoms with Crippen molar-refractivity contribution in [2.45, 2.75) is 32.6 Å². The van der Waals surface area contributed by atoms with Gasteiger partial charge in [-0.2, -0.15) is 0 Å². The number of aliphatic carboxylic acids is 1. The number of anilines is 1. The number of carboxylic acid groups (broad SMARTS) is 1. The highest BCUT2D eigenvalue weighted by atomic mass is 16.4. The second-order valence-electron chi connectivity index (χ2n) is 4.08. The summed E-state index contributed by atoms with van der Waals surface area (Å²) in [5.74, 6) is -0.831. The number of rotatable bonds is 3. The maximum absolute atomic E-state index is 11.3. The third-order valence-electron chi connectivity index (χ3n) is 2.98. The topological polar surface area (TPSA) is 63.3 Å². The number of carbonyl (C=O) groups is 1. The Balaban J connectivity index is 3.35. The second-order valence-corrected chi connectivity index (χ2v) is 4.08. The lowest BCUT2D eigenvalue weighted by Gasteiger charge is -2.25. The summed E-state index contributed by atoms with van der Waals surface area (Å²) in [5.41, 5.74) is 7.22. The fourth-order valence-corrected chi connectivity index (χ4v) is 1.60. The van der Waals surface area contributed by atoms with Gasteiger partial charge in [0, 0.05) is 5.69 Å². The van der Waals surface area contributed by atoms with Gasteiger partial charge in [0.05, 0.1) is 5.41 Å². The van der Waals surface area contributed by atoms with Gasteiger partial charge in [-0.25, -0.2) is 0 Å². The monoisotopic (exact) mass is 207 g/mol. The second kappa shape index (κ2) is 3.93. The molecule has 0 aromatic heterocycles. The van der Waals surface area contributed by atoms with Crippen molar-refractivity contribution in [3.8, 4) is 0 Å². The van der Waals surface area contributed by atoms with E-state index >= 15 is 0 Å². The van der Waals surface area contributed by atoms with E-state index in [0.29, 0.717) is 17.7 Å². The molecule has 15 heavy (non-hydrogen) atoms. The molecular formula is C12H17NO2. The first kappa shape index (κ1) is 11.6. The van der Waals surface area contributed by atoms with E-state index < -0.39 is 11.4 Å². The van der Waals surface area contributed by atoms with Crippen LogP contribution in [-0.4, -0.2) is 11.1 Å². The van der Waals surface area contributed by atoms with Crippen LogP contribution in [0.3, 0.4) is 0 Å². The van der Waals surface area contributed by atoms with Crippen LogP contribution in [0.25, 0.3) is 0 Å². The Labute approximate surface area is 89.9 Å². The molecule has 0 spiro atoms. The normalized spacial score (nSPS) is 14.6. The van der Waals surface area contributed by atoms with E-state index in [2.05, 4.69) is 0 Å². The number of benzene rings is 1. The van der Waals surface area contributed by atoms with Crippen molar-refractivity contribution in [3.05, 3.63) is 29.3 Å². The minimum atomic E-state index is -0.893. The lowest BCUT2D eigenvalue weighted by atomic mass is 9.79. The minimum absolute atomic E-state index is 0.524. The van der Waals surface area contributed by atoms with Gasteiger partial charge in [-0.05, 0) is 31.9 Å². The fourth-order valence-electron chi connectivity index (χ4n) is 1.60. The van der Waals surface area contributed by atoms with Gasteiger partial charge in [0.2, 0.25) is 0 Å². The van der Waals surface area contributed by atoms with Crippen LogP contribution in [0.1, 0.15) is 31.4 Å². The number of nitrogen functional groups attached to an aromatic ring is 1. The Kier molecular flexibility index (Phi) is 3.03. The lowest BCUT2D eigenvalue weighted by Crippen LogP contribution is -2.32. The van der Waals surface area contributed by atoms with Gasteiger partial charge in [0.25, 0.3) is 0 Å². The summed E-state index contributed by atoms with van der Waals surface area (Å²) in [4.78, 5) is 11.3. The molecule has 1 unspecified atom stereocenters. The van der Waals surface area contributed by atoms with Gasteiger partial charge in [-0.1, -0.05) is 24.6 Å². The zero-order chi connectivity index (χ0) is 11.6. The van der Waals surface area contributed by atoms with E-state index in [1.165, 1.54) is 0 Å². The molecule has 3 nitrogen and oxygen atoms in total. The van der Waals surface area contributed by atoms with Crippen LogP contribution in [-0.2, 0) is 10.2 Å². The molecule has 0 saturated carbocycles. The first-order chi connectivity index (χ1) is 6.91. The zero-order valence-electron chi connectivity index (χ0n) is 9.37. The molecule has 1 rings (SSSR count). The van der Waals surface area contributed by atoms with Crippen molar-refractivity contribution in [2.24, 2.45) is 0 Å². The van der Waals surface area contributed by atoms with Crippen LogP contribution in [0.5, 0.6) is 0 Å².